The van der Waals surface area contributed by atoms with Gasteiger partial charge in [-0.3, -0.25) is 29.3 Å². The predicted octanol–water partition coefficient (Wildman–Crippen LogP) is 3.52. The zero-order valence-electron chi connectivity index (χ0n) is 24.7. The van der Waals surface area contributed by atoms with Crippen LogP contribution in [0.4, 0.5) is 10.5 Å². The van der Waals surface area contributed by atoms with Gasteiger partial charge in [-0.05, 0) is 44.4 Å². The van der Waals surface area contributed by atoms with Crippen LogP contribution in [0.2, 0.25) is 0 Å². The normalized spacial score (nSPS) is 12.1. The maximum absolute atomic E-state index is 13.5. The molecule has 0 fully saturated rings. The van der Waals surface area contributed by atoms with Gasteiger partial charge in [-0.25, -0.2) is 9.78 Å². The molecule has 2 N–H and O–H groups in total. The summed E-state index contributed by atoms with van der Waals surface area (Å²) in [6.07, 6.45) is 2.01. The number of methoxy groups -OCH3 is 1. The molecule has 3 heterocycles. The van der Waals surface area contributed by atoms with Crippen molar-refractivity contribution in [1.82, 2.24) is 30.0 Å². The number of ketones is 1. The molecule has 0 bridgehead atoms. The van der Waals surface area contributed by atoms with Crippen LogP contribution in [0.15, 0.2) is 64.1 Å². The van der Waals surface area contributed by atoms with Crippen LogP contribution < -0.4 is 16.2 Å². The number of aryl methyl sites for hydroxylation is 1. The van der Waals surface area contributed by atoms with Gasteiger partial charge in [0.2, 0.25) is 17.6 Å². The monoisotopic (exact) mass is 587 g/mol. The van der Waals surface area contributed by atoms with E-state index in [9.17, 15) is 19.2 Å². The molecule has 13 nitrogen and oxygen atoms in total. The molecule has 43 heavy (non-hydrogen) atoms. The molecule has 0 saturated carbocycles. The SMILES string of the molecule is COC(=O)Nc1cnc(-c2ccccc2)n(CC(=O)NC(C(=O)c2nnc(C(C)(C)c3cc(C)ccn3)o2)C(C)C)c1=O. The summed E-state index contributed by atoms with van der Waals surface area (Å²) in [5, 5.41) is 13.1. The van der Waals surface area contributed by atoms with E-state index >= 15 is 0 Å². The summed E-state index contributed by atoms with van der Waals surface area (Å²) < 4.78 is 11.5. The molecule has 2 amide bonds. The molecule has 4 aromatic rings. The number of hydrogen-bond acceptors (Lipinski definition) is 10. The van der Waals surface area contributed by atoms with Crippen LogP contribution in [0.5, 0.6) is 0 Å². The Morgan fingerprint density at radius 1 is 1.07 bits per heavy atom. The number of rotatable bonds is 10. The lowest BCUT2D eigenvalue weighted by atomic mass is 9.88. The minimum Gasteiger partial charge on any atom is -0.453 e. The van der Waals surface area contributed by atoms with Gasteiger partial charge < -0.3 is 14.5 Å². The summed E-state index contributed by atoms with van der Waals surface area (Å²) in [6.45, 7) is 8.67. The summed E-state index contributed by atoms with van der Waals surface area (Å²) in [5.41, 5.74) is 0.626. The molecule has 1 aromatic carbocycles. The first-order valence-corrected chi connectivity index (χ1v) is 13.5. The number of ether oxygens (including phenoxy) is 1. The van der Waals surface area contributed by atoms with Crippen LogP contribution in [-0.2, 0) is 21.5 Å². The largest absolute Gasteiger partial charge is 0.453 e. The van der Waals surface area contributed by atoms with Crippen molar-refractivity contribution < 1.29 is 23.5 Å². The van der Waals surface area contributed by atoms with Crippen LogP contribution in [0.1, 0.15) is 55.5 Å². The quantitative estimate of drug-likeness (QED) is 0.262. The van der Waals surface area contributed by atoms with Crippen molar-refractivity contribution in [2.45, 2.75) is 52.6 Å². The van der Waals surface area contributed by atoms with Crippen LogP contribution in [0.3, 0.4) is 0 Å². The number of hydrogen-bond donors (Lipinski definition) is 2. The Morgan fingerprint density at radius 2 is 1.79 bits per heavy atom. The maximum atomic E-state index is 13.5. The van der Waals surface area contributed by atoms with Crippen molar-refractivity contribution in [1.29, 1.82) is 0 Å². The second-order valence-corrected chi connectivity index (χ2v) is 10.8. The number of carbonyl (C=O) groups excluding carboxylic acids is 3. The lowest BCUT2D eigenvalue weighted by Gasteiger charge is -2.21. The van der Waals surface area contributed by atoms with E-state index in [2.05, 4.69) is 35.5 Å². The van der Waals surface area contributed by atoms with E-state index in [-0.39, 0.29) is 29.2 Å². The third-order valence-corrected chi connectivity index (χ3v) is 6.79. The second kappa shape index (κ2) is 12.8. The number of benzene rings is 1. The third kappa shape index (κ3) is 6.83. The molecule has 0 saturated heterocycles. The van der Waals surface area contributed by atoms with Crippen molar-refractivity contribution >= 4 is 23.5 Å². The van der Waals surface area contributed by atoms with E-state index in [1.54, 1.807) is 50.4 Å². The first-order valence-electron chi connectivity index (χ1n) is 13.5. The van der Waals surface area contributed by atoms with E-state index in [4.69, 9.17) is 4.42 Å². The highest BCUT2D eigenvalue weighted by atomic mass is 16.5. The number of pyridine rings is 1. The van der Waals surface area contributed by atoms with Crippen molar-refractivity contribution in [3.8, 4) is 11.4 Å². The Bertz CT molecular complexity index is 1690. The zero-order valence-corrected chi connectivity index (χ0v) is 24.7. The first kappa shape index (κ1) is 30.8. The Morgan fingerprint density at radius 3 is 2.44 bits per heavy atom. The van der Waals surface area contributed by atoms with Crippen LogP contribution in [0.25, 0.3) is 11.4 Å². The summed E-state index contributed by atoms with van der Waals surface area (Å²) >= 11 is 0. The fourth-order valence-electron chi connectivity index (χ4n) is 4.30. The molecule has 0 radical (unpaired) electrons. The van der Waals surface area contributed by atoms with Gasteiger partial charge in [0.15, 0.2) is 0 Å². The summed E-state index contributed by atoms with van der Waals surface area (Å²) in [5.74, 6) is -1.46. The average molecular weight is 588 g/mol. The van der Waals surface area contributed by atoms with E-state index in [1.165, 1.54) is 6.20 Å². The minimum absolute atomic E-state index is 0.181. The van der Waals surface area contributed by atoms with Gasteiger partial charge in [0, 0.05) is 11.8 Å². The number of nitrogens with one attached hydrogen (secondary N) is 2. The molecule has 1 unspecified atom stereocenters. The van der Waals surface area contributed by atoms with Gasteiger partial charge >= 0.3 is 6.09 Å². The highest BCUT2D eigenvalue weighted by Gasteiger charge is 2.35. The summed E-state index contributed by atoms with van der Waals surface area (Å²) in [7, 11) is 1.16. The van der Waals surface area contributed by atoms with Gasteiger partial charge in [-0.15, -0.1) is 10.2 Å². The predicted molar refractivity (Wildman–Crippen MR) is 156 cm³/mol. The summed E-state index contributed by atoms with van der Waals surface area (Å²) in [4.78, 5) is 60.6. The number of amides is 2. The van der Waals surface area contributed by atoms with Crippen LogP contribution >= 0.6 is 0 Å². The van der Waals surface area contributed by atoms with Gasteiger partial charge in [-0.1, -0.05) is 44.2 Å². The lowest BCUT2D eigenvalue weighted by Crippen LogP contribution is -2.46. The highest BCUT2D eigenvalue weighted by Crippen LogP contribution is 2.29. The van der Waals surface area contributed by atoms with E-state index in [1.807, 2.05) is 32.9 Å². The van der Waals surface area contributed by atoms with Crippen molar-refractivity contribution in [3.63, 3.8) is 0 Å². The molecule has 0 aliphatic rings. The van der Waals surface area contributed by atoms with Gasteiger partial charge in [0.05, 0.1) is 30.5 Å². The number of aromatic nitrogens is 5. The van der Waals surface area contributed by atoms with Crippen LogP contribution in [-0.4, -0.2) is 55.7 Å². The molecular weight excluding hydrogens is 554 g/mol. The van der Waals surface area contributed by atoms with Crippen molar-refractivity contribution in [2.24, 2.45) is 5.92 Å². The number of anilines is 1. The Balaban J connectivity index is 1.60. The number of nitrogens with zero attached hydrogens (tertiary/aromatic N) is 5. The molecule has 0 aliphatic heterocycles. The zero-order chi connectivity index (χ0) is 31.3. The topological polar surface area (TPSA) is 171 Å². The summed E-state index contributed by atoms with van der Waals surface area (Å²) in [6, 6.07) is 11.5. The van der Waals surface area contributed by atoms with E-state index < -0.39 is 41.3 Å². The first-order chi connectivity index (χ1) is 20.4. The highest BCUT2D eigenvalue weighted by molar-refractivity contribution is 5.98. The Hall–Kier alpha value is -5.20. The van der Waals surface area contributed by atoms with Gasteiger partial charge in [0.25, 0.3) is 11.4 Å². The van der Waals surface area contributed by atoms with Crippen molar-refractivity contribution in [3.05, 3.63) is 88.3 Å². The minimum atomic E-state index is -1.04. The third-order valence-electron chi connectivity index (χ3n) is 6.79. The molecule has 13 heteroatoms. The van der Waals surface area contributed by atoms with Gasteiger partial charge in [-0.2, -0.15) is 0 Å². The Labute approximate surface area is 247 Å². The Kier molecular flexibility index (Phi) is 9.12. The molecule has 1 atom stereocenters. The second-order valence-electron chi connectivity index (χ2n) is 10.8. The standard InChI is InChI=1S/C30H33N7O6/c1-17(2)23(24(39)26-35-36-28(43-26)30(4,5)21-14-18(3)12-13-31-21)34-22(38)16-37-25(19-10-8-7-9-11-19)32-15-20(27(37)40)33-29(41)42-6/h7-15,17,23H,16H2,1-6H3,(H,33,41)(H,34,38). The smallest absolute Gasteiger partial charge is 0.411 e. The maximum Gasteiger partial charge on any atom is 0.411 e. The fraction of sp³-hybridized carbons (Fsp3) is 0.333. The fourth-order valence-corrected chi connectivity index (χ4v) is 4.30. The lowest BCUT2D eigenvalue weighted by molar-refractivity contribution is -0.122. The van der Waals surface area contributed by atoms with Crippen LogP contribution in [0, 0.1) is 12.8 Å². The van der Waals surface area contributed by atoms with E-state index in [0.29, 0.717) is 11.3 Å². The van der Waals surface area contributed by atoms with Crippen molar-refractivity contribution in [2.75, 3.05) is 12.4 Å². The average Bonchev–Trinajstić information content (AvgIpc) is 3.49. The molecule has 3 aromatic heterocycles. The molecule has 4 rings (SSSR count). The molecule has 0 aliphatic carbocycles. The molecular formula is C30H33N7O6. The number of carbonyl (C=O) groups is 3. The van der Waals surface area contributed by atoms with E-state index in [0.717, 1.165) is 17.2 Å². The van der Waals surface area contributed by atoms with Gasteiger partial charge in [0.1, 0.15) is 18.1 Å². The number of Topliss-reactive ketones (excluding diaryl/α,β-unsaturated/α-hetero) is 1. The molecule has 0 spiro atoms. The molecule has 224 valence electrons.